The average molecular weight is 535 g/mol. The first kappa shape index (κ1) is 23.8. The van der Waals surface area contributed by atoms with Crippen LogP contribution in [-0.2, 0) is 11.3 Å². The molecular weight excluding hydrogens is 501 g/mol. The number of piperidine rings is 1. The topological polar surface area (TPSA) is 53.0 Å². The molecule has 1 aromatic heterocycles. The second-order valence-corrected chi connectivity index (χ2v) is 8.22. The summed E-state index contributed by atoms with van der Waals surface area (Å²) in [6.45, 7) is 8.43. The van der Waals surface area contributed by atoms with Gasteiger partial charge in [0.25, 0.3) is 0 Å². The molecule has 31 heavy (non-hydrogen) atoms. The van der Waals surface area contributed by atoms with E-state index in [4.69, 9.17) is 4.74 Å². The Kier molecular flexibility index (Phi) is 8.95. The van der Waals surface area contributed by atoms with Crippen LogP contribution in [0.25, 0.3) is 0 Å². The van der Waals surface area contributed by atoms with E-state index in [1.807, 2.05) is 19.3 Å². The Hall–Kier alpha value is -1.87. The largest absolute Gasteiger partial charge is 0.378 e. The summed E-state index contributed by atoms with van der Waals surface area (Å²) in [6.07, 6.45) is 3.02. The summed E-state index contributed by atoms with van der Waals surface area (Å²) in [6, 6.07) is 15.1. The number of rotatable bonds is 4. The molecular formula is C24H34IN5O. The number of aromatic nitrogens is 1. The number of anilines is 1. The van der Waals surface area contributed by atoms with E-state index in [0.29, 0.717) is 11.8 Å². The van der Waals surface area contributed by atoms with Crippen LogP contribution >= 0.6 is 24.0 Å². The maximum Gasteiger partial charge on any atom is 0.193 e. The minimum absolute atomic E-state index is 0. The van der Waals surface area contributed by atoms with Gasteiger partial charge in [0, 0.05) is 51.5 Å². The first-order valence-electron chi connectivity index (χ1n) is 11.0. The highest BCUT2D eigenvalue weighted by atomic mass is 127. The first-order valence-corrected chi connectivity index (χ1v) is 11.0. The van der Waals surface area contributed by atoms with Crippen LogP contribution in [0.4, 0.5) is 5.82 Å². The molecule has 3 heterocycles. The van der Waals surface area contributed by atoms with Gasteiger partial charge in [0.15, 0.2) is 5.96 Å². The van der Waals surface area contributed by atoms with Crippen molar-refractivity contribution in [2.45, 2.75) is 25.8 Å². The lowest BCUT2D eigenvalue weighted by Crippen LogP contribution is -2.48. The number of nitrogens with one attached hydrogen (secondary N) is 1. The maximum atomic E-state index is 5.50. The fourth-order valence-electron chi connectivity index (χ4n) is 4.67. The summed E-state index contributed by atoms with van der Waals surface area (Å²) in [5.41, 5.74) is 2.66. The standard InChI is InChI=1S/C24H33N5O.HI/c1-19-18-29(12-10-22(19)20-7-4-3-5-8-20)24(25-2)27-17-21-9-6-11-26-23(21)28-13-15-30-16-14-28;/h3-9,11,19,22H,10,12-18H2,1-2H3,(H,25,27);1H. The molecule has 1 N–H and O–H groups in total. The monoisotopic (exact) mass is 535 g/mol. The quantitative estimate of drug-likeness (QED) is 0.368. The highest BCUT2D eigenvalue weighted by molar-refractivity contribution is 14.0. The molecule has 7 heteroatoms. The van der Waals surface area contributed by atoms with Crippen LogP contribution < -0.4 is 10.2 Å². The molecule has 2 atom stereocenters. The van der Waals surface area contributed by atoms with Crippen LogP contribution in [0.3, 0.4) is 0 Å². The van der Waals surface area contributed by atoms with Crippen molar-refractivity contribution in [3.63, 3.8) is 0 Å². The van der Waals surface area contributed by atoms with Crippen LogP contribution in [0.5, 0.6) is 0 Å². The van der Waals surface area contributed by atoms with Crippen LogP contribution in [-0.4, -0.2) is 62.3 Å². The van der Waals surface area contributed by atoms with Crippen LogP contribution in [0.15, 0.2) is 53.7 Å². The van der Waals surface area contributed by atoms with Crippen LogP contribution in [0, 0.1) is 5.92 Å². The number of halogens is 1. The minimum atomic E-state index is 0. The second-order valence-electron chi connectivity index (χ2n) is 8.22. The van der Waals surface area contributed by atoms with Gasteiger partial charge in [-0.2, -0.15) is 0 Å². The molecule has 1 aromatic carbocycles. The zero-order valence-corrected chi connectivity index (χ0v) is 20.9. The fraction of sp³-hybridized carbons (Fsp3) is 0.500. The van der Waals surface area contributed by atoms with Gasteiger partial charge >= 0.3 is 0 Å². The summed E-state index contributed by atoms with van der Waals surface area (Å²) in [4.78, 5) is 13.9. The molecule has 0 saturated carbocycles. The Balaban J connectivity index is 0.00000272. The molecule has 0 aliphatic carbocycles. The van der Waals surface area contributed by atoms with E-state index in [-0.39, 0.29) is 24.0 Å². The van der Waals surface area contributed by atoms with Gasteiger partial charge in [0.2, 0.25) is 0 Å². The number of guanidine groups is 1. The molecule has 2 aliphatic heterocycles. The van der Waals surface area contributed by atoms with Crippen molar-refractivity contribution in [1.82, 2.24) is 15.2 Å². The Morgan fingerprint density at radius 1 is 1.13 bits per heavy atom. The first-order chi connectivity index (χ1) is 14.8. The molecule has 168 valence electrons. The second kappa shape index (κ2) is 11.7. The van der Waals surface area contributed by atoms with Gasteiger partial charge in [0.1, 0.15) is 5.82 Å². The number of ether oxygens (including phenoxy) is 1. The van der Waals surface area contributed by atoms with E-state index < -0.39 is 0 Å². The Bertz CT molecular complexity index is 841. The van der Waals surface area contributed by atoms with E-state index in [9.17, 15) is 0 Å². The Labute approximate surface area is 203 Å². The van der Waals surface area contributed by atoms with Crippen LogP contribution in [0.2, 0.25) is 0 Å². The number of aliphatic imine (C=N–C) groups is 1. The van der Waals surface area contributed by atoms with Crippen molar-refractivity contribution in [1.29, 1.82) is 0 Å². The Morgan fingerprint density at radius 2 is 1.90 bits per heavy atom. The smallest absolute Gasteiger partial charge is 0.193 e. The summed E-state index contributed by atoms with van der Waals surface area (Å²) < 4.78 is 5.50. The molecule has 2 aromatic rings. The van der Waals surface area contributed by atoms with E-state index in [1.54, 1.807) is 0 Å². The molecule has 2 fully saturated rings. The van der Waals surface area contributed by atoms with E-state index in [1.165, 1.54) is 11.1 Å². The van der Waals surface area contributed by atoms with E-state index >= 15 is 0 Å². The number of morpholine rings is 1. The van der Waals surface area contributed by atoms with Crippen LogP contribution in [0.1, 0.15) is 30.4 Å². The van der Waals surface area contributed by atoms with Crippen molar-refractivity contribution in [2.24, 2.45) is 10.9 Å². The average Bonchev–Trinajstić information content (AvgIpc) is 2.81. The molecule has 2 unspecified atom stereocenters. The third-order valence-corrected chi connectivity index (χ3v) is 6.26. The van der Waals surface area contributed by atoms with Crippen molar-refractivity contribution >= 4 is 35.8 Å². The highest BCUT2D eigenvalue weighted by Gasteiger charge is 2.28. The number of hydrogen-bond acceptors (Lipinski definition) is 4. The summed E-state index contributed by atoms with van der Waals surface area (Å²) in [5, 5.41) is 3.59. The molecule has 0 bridgehead atoms. The zero-order valence-electron chi connectivity index (χ0n) is 18.5. The molecule has 2 aliphatic rings. The normalized spacial score (nSPS) is 22.1. The van der Waals surface area contributed by atoms with E-state index in [2.05, 4.69) is 68.4 Å². The lowest BCUT2D eigenvalue weighted by Gasteiger charge is -2.39. The predicted octanol–water partition coefficient (Wildman–Crippen LogP) is 3.74. The van der Waals surface area contributed by atoms with Gasteiger partial charge in [-0.25, -0.2) is 4.98 Å². The lowest BCUT2D eigenvalue weighted by atomic mass is 9.82. The molecule has 0 radical (unpaired) electrons. The number of hydrogen-bond donors (Lipinski definition) is 1. The summed E-state index contributed by atoms with van der Waals surface area (Å²) >= 11 is 0. The van der Waals surface area contributed by atoms with Gasteiger partial charge in [-0.3, -0.25) is 4.99 Å². The zero-order chi connectivity index (χ0) is 20.8. The van der Waals surface area contributed by atoms with Gasteiger partial charge in [-0.1, -0.05) is 43.3 Å². The van der Waals surface area contributed by atoms with Crippen molar-refractivity contribution in [2.75, 3.05) is 51.3 Å². The molecule has 0 spiro atoms. The lowest BCUT2D eigenvalue weighted by molar-refractivity contribution is 0.122. The highest BCUT2D eigenvalue weighted by Crippen LogP contribution is 2.32. The third kappa shape index (κ3) is 5.88. The Morgan fingerprint density at radius 3 is 2.61 bits per heavy atom. The van der Waals surface area contributed by atoms with E-state index in [0.717, 1.165) is 64.1 Å². The minimum Gasteiger partial charge on any atom is -0.378 e. The fourth-order valence-corrected chi connectivity index (χ4v) is 4.67. The molecule has 6 nitrogen and oxygen atoms in total. The number of pyridine rings is 1. The third-order valence-electron chi connectivity index (χ3n) is 6.26. The van der Waals surface area contributed by atoms with Gasteiger partial charge in [0.05, 0.1) is 13.2 Å². The van der Waals surface area contributed by atoms with Gasteiger partial charge in [-0.05, 0) is 29.9 Å². The summed E-state index contributed by atoms with van der Waals surface area (Å²) in [5.74, 6) is 3.24. The number of nitrogens with zero attached hydrogens (tertiary/aromatic N) is 4. The SMILES string of the molecule is CN=C(NCc1cccnc1N1CCOCC1)N1CCC(c2ccccc2)C(C)C1.I. The summed E-state index contributed by atoms with van der Waals surface area (Å²) in [7, 11) is 1.88. The number of benzene rings is 1. The van der Waals surface area contributed by atoms with Crippen molar-refractivity contribution in [3.8, 4) is 0 Å². The van der Waals surface area contributed by atoms with Crippen molar-refractivity contribution in [3.05, 3.63) is 59.8 Å². The van der Waals surface area contributed by atoms with Gasteiger partial charge < -0.3 is 19.9 Å². The molecule has 2 saturated heterocycles. The van der Waals surface area contributed by atoms with Crippen molar-refractivity contribution < 1.29 is 4.74 Å². The molecule has 4 rings (SSSR count). The maximum absolute atomic E-state index is 5.50. The number of likely N-dealkylation sites (tertiary alicyclic amines) is 1. The van der Waals surface area contributed by atoms with Gasteiger partial charge in [-0.15, -0.1) is 24.0 Å². The molecule has 0 amide bonds. The predicted molar refractivity (Wildman–Crippen MR) is 137 cm³/mol.